The van der Waals surface area contributed by atoms with Crippen LogP contribution in [0.5, 0.6) is 0 Å². The van der Waals surface area contributed by atoms with Gasteiger partial charge in [0.25, 0.3) is 0 Å². The summed E-state index contributed by atoms with van der Waals surface area (Å²) in [5.41, 5.74) is 2.09. The van der Waals surface area contributed by atoms with E-state index >= 15 is 0 Å². The van der Waals surface area contributed by atoms with Crippen LogP contribution in [0.4, 0.5) is 0 Å². The Labute approximate surface area is 165 Å². The number of hydrogen-bond acceptors (Lipinski definition) is 4. The first-order chi connectivity index (χ1) is 13.6. The fourth-order valence-corrected chi connectivity index (χ4v) is 3.43. The van der Waals surface area contributed by atoms with Crippen LogP contribution in [0.15, 0.2) is 60.9 Å². The first-order valence-electron chi connectivity index (χ1n) is 9.57. The molecule has 28 heavy (non-hydrogen) atoms. The Morgan fingerprint density at radius 1 is 1.11 bits per heavy atom. The molecule has 1 fully saturated rings. The number of piperidine rings is 1. The Hall–Kier alpha value is -2.92. The Morgan fingerprint density at radius 3 is 2.64 bits per heavy atom. The second kappa shape index (κ2) is 9.85. The standard InChI is InChI=1S/C23H25NO4/c25-22(19-8-2-1-3-9-19)21-11-5-4-7-18(21)12-15-28-16-14-24-13-6-10-20(17-24)23(26)27/h1-5,7-9,11-12,15,20H,6,10,13-14,16-17H2,(H,26,27)/b15-12+. The predicted molar refractivity (Wildman–Crippen MR) is 108 cm³/mol. The van der Waals surface area contributed by atoms with Gasteiger partial charge >= 0.3 is 5.97 Å². The molecule has 1 unspecified atom stereocenters. The molecular weight excluding hydrogens is 354 g/mol. The highest BCUT2D eigenvalue weighted by molar-refractivity contribution is 6.10. The summed E-state index contributed by atoms with van der Waals surface area (Å²) in [6.45, 7) is 2.67. The van der Waals surface area contributed by atoms with Crippen LogP contribution in [0.3, 0.4) is 0 Å². The minimum absolute atomic E-state index is 0.0196. The van der Waals surface area contributed by atoms with E-state index in [1.807, 2.05) is 54.6 Å². The summed E-state index contributed by atoms with van der Waals surface area (Å²) >= 11 is 0. The van der Waals surface area contributed by atoms with E-state index in [9.17, 15) is 9.59 Å². The Morgan fingerprint density at radius 2 is 1.86 bits per heavy atom. The molecule has 5 nitrogen and oxygen atoms in total. The molecule has 1 N–H and O–H groups in total. The lowest BCUT2D eigenvalue weighted by molar-refractivity contribution is -0.143. The molecule has 1 saturated heterocycles. The number of hydrogen-bond donors (Lipinski definition) is 1. The molecule has 0 amide bonds. The van der Waals surface area contributed by atoms with Crippen molar-refractivity contribution in [2.24, 2.45) is 5.92 Å². The Kier molecular flexibility index (Phi) is 6.98. The molecular formula is C23H25NO4. The number of benzene rings is 2. The van der Waals surface area contributed by atoms with Crippen molar-refractivity contribution >= 4 is 17.8 Å². The highest BCUT2D eigenvalue weighted by atomic mass is 16.5. The second-order valence-corrected chi connectivity index (χ2v) is 6.93. The third kappa shape index (κ3) is 5.30. The van der Waals surface area contributed by atoms with Gasteiger partial charge in [0, 0.05) is 24.2 Å². The number of ether oxygens (including phenoxy) is 1. The molecule has 2 aromatic rings. The number of carbonyl (C=O) groups excluding carboxylic acids is 1. The maximum Gasteiger partial charge on any atom is 0.307 e. The van der Waals surface area contributed by atoms with Gasteiger partial charge < -0.3 is 9.84 Å². The SMILES string of the molecule is O=C(c1ccccc1)c1ccccc1/C=C/OCCN1CCCC(C(=O)O)C1. The summed E-state index contributed by atoms with van der Waals surface area (Å²) in [5.74, 6) is -1.01. The minimum atomic E-state index is -0.717. The zero-order chi connectivity index (χ0) is 19.8. The number of carboxylic acids is 1. The van der Waals surface area contributed by atoms with E-state index in [1.165, 1.54) is 0 Å². The first-order valence-corrected chi connectivity index (χ1v) is 9.57. The number of rotatable bonds is 8. The van der Waals surface area contributed by atoms with Crippen molar-refractivity contribution in [3.8, 4) is 0 Å². The average molecular weight is 379 g/mol. The van der Waals surface area contributed by atoms with Gasteiger partial charge in [-0.25, -0.2) is 0 Å². The van der Waals surface area contributed by atoms with Crippen LogP contribution in [-0.4, -0.2) is 48.0 Å². The van der Waals surface area contributed by atoms with Gasteiger partial charge in [-0.05, 0) is 31.0 Å². The molecule has 5 heteroatoms. The first kappa shape index (κ1) is 19.8. The third-order valence-electron chi connectivity index (χ3n) is 4.97. The lowest BCUT2D eigenvalue weighted by atomic mass is 9.98. The lowest BCUT2D eigenvalue weighted by Gasteiger charge is -2.30. The molecule has 0 aromatic heterocycles. The lowest BCUT2D eigenvalue weighted by Crippen LogP contribution is -2.40. The zero-order valence-corrected chi connectivity index (χ0v) is 15.8. The average Bonchev–Trinajstić information content (AvgIpc) is 2.74. The van der Waals surface area contributed by atoms with Crippen molar-refractivity contribution < 1.29 is 19.4 Å². The molecule has 3 rings (SSSR count). The van der Waals surface area contributed by atoms with Crippen molar-refractivity contribution in [3.05, 3.63) is 77.5 Å². The van der Waals surface area contributed by atoms with Crippen LogP contribution in [0.25, 0.3) is 6.08 Å². The van der Waals surface area contributed by atoms with E-state index in [0.29, 0.717) is 30.8 Å². The van der Waals surface area contributed by atoms with E-state index in [0.717, 1.165) is 24.9 Å². The van der Waals surface area contributed by atoms with Crippen LogP contribution in [0.1, 0.15) is 34.3 Å². The number of aliphatic carboxylic acids is 1. The number of ketones is 1. The number of carbonyl (C=O) groups is 2. The second-order valence-electron chi connectivity index (χ2n) is 6.93. The van der Waals surface area contributed by atoms with E-state index in [1.54, 1.807) is 12.3 Å². The fraction of sp³-hybridized carbons (Fsp3) is 0.304. The highest BCUT2D eigenvalue weighted by Gasteiger charge is 2.24. The molecule has 0 aliphatic carbocycles. The highest BCUT2D eigenvalue weighted by Crippen LogP contribution is 2.17. The van der Waals surface area contributed by atoms with E-state index < -0.39 is 5.97 Å². The molecule has 0 bridgehead atoms. The molecule has 2 aromatic carbocycles. The quantitative estimate of drug-likeness (QED) is 0.430. The smallest absolute Gasteiger partial charge is 0.307 e. The summed E-state index contributed by atoms with van der Waals surface area (Å²) < 4.78 is 5.60. The van der Waals surface area contributed by atoms with Gasteiger partial charge in [0.1, 0.15) is 0 Å². The Bertz CT molecular complexity index is 832. The van der Waals surface area contributed by atoms with Crippen molar-refractivity contribution in [1.29, 1.82) is 0 Å². The van der Waals surface area contributed by atoms with Crippen LogP contribution in [0, 0.1) is 5.92 Å². The summed E-state index contributed by atoms with van der Waals surface area (Å²) in [5, 5.41) is 9.15. The normalized spacial score (nSPS) is 17.5. The van der Waals surface area contributed by atoms with Crippen LogP contribution < -0.4 is 0 Å². The van der Waals surface area contributed by atoms with Crippen LogP contribution in [0.2, 0.25) is 0 Å². The van der Waals surface area contributed by atoms with Gasteiger partial charge in [0.05, 0.1) is 18.8 Å². The molecule has 1 aliphatic rings. The van der Waals surface area contributed by atoms with E-state index in [2.05, 4.69) is 4.90 Å². The topological polar surface area (TPSA) is 66.8 Å². The molecule has 146 valence electrons. The summed E-state index contributed by atoms with van der Waals surface area (Å²) in [4.78, 5) is 26.0. The van der Waals surface area contributed by atoms with Gasteiger partial charge in [-0.2, -0.15) is 0 Å². The minimum Gasteiger partial charge on any atom is -0.500 e. The van der Waals surface area contributed by atoms with Crippen molar-refractivity contribution in [3.63, 3.8) is 0 Å². The monoisotopic (exact) mass is 379 g/mol. The van der Waals surface area contributed by atoms with Crippen LogP contribution >= 0.6 is 0 Å². The van der Waals surface area contributed by atoms with E-state index in [-0.39, 0.29) is 11.7 Å². The molecule has 0 saturated carbocycles. The fourth-order valence-electron chi connectivity index (χ4n) is 3.43. The maximum atomic E-state index is 12.7. The molecule has 0 radical (unpaired) electrons. The van der Waals surface area contributed by atoms with Gasteiger partial charge in [0.15, 0.2) is 5.78 Å². The Balaban J connectivity index is 1.54. The van der Waals surface area contributed by atoms with Gasteiger partial charge in [-0.15, -0.1) is 0 Å². The summed E-state index contributed by atoms with van der Waals surface area (Å²) in [6.07, 6.45) is 5.06. The predicted octanol–water partition coefficient (Wildman–Crippen LogP) is 3.70. The van der Waals surface area contributed by atoms with Crippen LogP contribution in [-0.2, 0) is 9.53 Å². The summed E-state index contributed by atoms with van der Waals surface area (Å²) in [7, 11) is 0. The van der Waals surface area contributed by atoms with Crippen molar-refractivity contribution in [2.75, 3.05) is 26.2 Å². The van der Waals surface area contributed by atoms with E-state index in [4.69, 9.17) is 9.84 Å². The molecule has 1 aliphatic heterocycles. The number of likely N-dealkylation sites (tertiary alicyclic amines) is 1. The maximum absolute atomic E-state index is 12.7. The van der Waals surface area contributed by atoms with Gasteiger partial charge in [-0.3, -0.25) is 14.5 Å². The zero-order valence-electron chi connectivity index (χ0n) is 15.8. The number of nitrogens with zero attached hydrogens (tertiary/aromatic N) is 1. The third-order valence-corrected chi connectivity index (χ3v) is 4.97. The molecule has 1 heterocycles. The van der Waals surface area contributed by atoms with Crippen molar-refractivity contribution in [1.82, 2.24) is 4.90 Å². The van der Waals surface area contributed by atoms with Crippen molar-refractivity contribution in [2.45, 2.75) is 12.8 Å². The van der Waals surface area contributed by atoms with Gasteiger partial charge in [-0.1, -0.05) is 54.6 Å². The largest absolute Gasteiger partial charge is 0.500 e. The number of carboxylic acid groups (broad SMARTS) is 1. The molecule has 1 atom stereocenters. The van der Waals surface area contributed by atoms with Gasteiger partial charge in [0.2, 0.25) is 0 Å². The molecule has 0 spiro atoms. The summed E-state index contributed by atoms with van der Waals surface area (Å²) in [6, 6.07) is 16.6.